The number of benzene rings is 6. The summed E-state index contributed by atoms with van der Waals surface area (Å²) in [6.07, 6.45) is -8.64. The number of carbonyl (C=O) groups is 9. The van der Waals surface area contributed by atoms with Gasteiger partial charge < -0.3 is 124 Å². The smallest absolute Gasteiger partial charge is 0.325 e. The van der Waals surface area contributed by atoms with Crippen LogP contribution in [0.4, 0.5) is 21.9 Å². The number of unbranched alkanes of at least 4 members (excludes halogenated alkanes) is 2. The number of aromatic hydroxyl groups is 1. The summed E-state index contributed by atoms with van der Waals surface area (Å²) in [6, 6.07) is 7.12. The third kappa shape index (κ3) is 16.6. The van der Waals surface area contributed by atoms with E-state index in [0.717, 1.165) is 81.0 Å². The van der Waals surface area contributed by atoms with Gasteiger partial charge in [-0.1, -0.05) is 88.0 Å². The van der Waals surface area contributed by atoms with E-state index < -0.39 is 192 Å². The summed E-state index contributed by atoms with van der Waals surface area (Å²) in [7, 11) is 1.49. The normalized spacial score (nSPS) is 28.2. The van der Waals surface area contributed by atoms with Crippen LogP contribution in [0.1, 0.15) is 161 Å². The van der Waals surface area contributed by atoms with Crippen LogP contribution in [0.15, 0.2) is 97.1 Å². The zero-order valence-corrected chi connectivity index (χ0v) is 67.7. The molecular weight excluding hydrogens is 1600 g/mol. The molecule has 10 aliphatic rings. The number of anilines is 3. The second-order valence-corrected chi connectivity index (χ2v) is 33.4. The van der Waals surface area contributed by atoms with Gasteiger partial charge in [0.25, 0.3) is 0 Å². The highest BCUT2D eigenvalue weighted by molar-refractivity contribution is 6.32. The van der Waals surface area contributed by atoms with Gasteiger partial charge >= 0.3 is 6.03 Å². The van der Waals surface area contributed by atoms with Crippen LogP contribution in [-0.2, 0) is 48.9 Å². The molecule has 5 aliphatic heterocycles. The number of amides is 10. The number of aliphatic hydroxyl groups excluding tert-OH is 5. The van der Waals surface area contributed by atoms with Crippen molar-refractivity contribution in [2.75, 3.05) is 42.6 Å². The molecule has 16 rings (SSSR count). The highest BCUT2D eigenvalue weighted by Gasteiger charge is 2.84. The number of phenols is 1. The van der Waals surface area contributed by atoms with E-state index in [9.17, 15) is 64.8 Å². The first-order chi connectivity index (χ1) is 57.2. The molecule has 4 saturated carbocycles. The Balaban J connectivity index is 0.920. The fourth-order valence-corrected chi connectivity index (χ4v) is 18.9. The number of rotatable bonds is 22. The van der Waals surface area contributed by atoms with Crippen LogP contribution in [0.2, 0.25) is 10.0 Å². The third-order valence-electron chi connectivity index (χ3n) is 24.6. The minimum absolute atomic E-state index is 0.0222. The highest BCUT2D eigenvalue weighted by Crippen LogP contribution is 2.87. The summed E-state index contributed by atoms with van der Waals surface area (Å²) in [5, 5.41) is 125. The highest BCUT2D eigenvalue weighted by atomic mass is 35.5. The number of ether oxygens (including phenoxy) is 4. The number of primary amides is 1. The summed E-state index contributed by atoms with van der Waals surface area (Å²) < 4.78 is 25.7. The standard InChI is InChI=1S/C84H99Cl2N13O21/c1-6-8-18-90-52-15-13-42(29-53(52)91-19-9-7-2)92-82(114)95-62(102)32-55-77(110)97-66-39-24-59(74(120-81-73(107)72(106)71(105)61(34-87)119-81)60(25-39)118-58-17-12-38(23-51(58)86)70(104)69(80(113)93-55)99-76(109)54(89-5)20-35(3)4)117-57-16-11-36(22-50(57)85)56(101)33-63(103)94-67(79(112)98-68-48-27-40-26-41-28-49(68)83(40,41)48)45-30-43(100)31-47-64(45)44-21-37(10-14-46(44)84(47,115)116)65(75(88)108)96-78(66)111/h10-17,21-25,29-31,35,40-41,48-49,54-56,61,65-73,81,89-91,100-101,104-107,115-116H,6-9,18-20,26-28,32-34,87H2,1-5H3,(H2,88,108)(H,93,113)(H,94,103)(H,96,111)(H,97,110)(H,98,112)(H,99,109)(H2,92,95,102,114). The van der Waals surface area contributed by atoms with Gasteiger partial charge in [0.2, 0.25) is 65.1 Å². The van der Waals surface area contributed by atoms with E-state index in [1.165, 1.54) is 55.6 Å². The van der Waals surface area contributed by atoms with E-state index in [1.54, 1.807) is 18.2 Å². The molecule has 5 fully saturated rings. The summed E-state index contributed by atoms with van der Waals surface area (Å²) in [5.74, 6) is -14.1. The lowest BCUT2D eigenvalue weighted by molar-refractivity contribution is -0.390. The second kappa shape index (κ2) is 34.9. The molecule has 17 atom stereocenters. The van der Waals surface area contributed by atoms with Gasteiger partial charge in [0.1, 0.15) is 78.0 Å². The maximum Gasteiger partial charge on any atom is 0.325 e. The quantitative estimate of drug-likeness (QED) is 0.0324. The van der Waals surface area contributed by atoms with Gasteiger partial charge in [-0.15, -0.1) is 0 Å². The number of aliphatic hydroxyl groups is 7. The molecule has 1 spiro atoms. The predicted octanol–water partition coefficient (Wildman–Crippen LogP) is 4.66. The molecule has 0 radical (unpaired) electrons. The van der Waals surface area contributed by atoms with E-state index in [2.05, 4.69) is 58.5 Å². The van der Waals surface area contributed by atoms with Gasteiger partial charge in [0.15, 0.2) is 11.5 Å². The molecule has 1 saturated heterocycles. The van der Waals surface area contributed by atoms with Gasteiger partial charge in [-0.3, -0.25) is 43.7 Å². The van der Waals surface area contributed by atoms with E-state index >= 15 is 19.2 Å². The van der Waals surface area contributed by atoms with Crippen molar-refractivity contribution in [2.45, 2.75) is 183 Å². The average molecular weight is 1700 g/mol. The van der Waals surface area contributed by atoms with E-state index in [-0.39, 0.29) is 102 Å². The third-order valence-corrected chi connectivity index (χ3v) is 25.1. The fraction of sp³-hybridized carbons (Fsp3) is 0.464. The molecule has 5 heterocycles. The molecule has 36 heteroatoms. The number of carbonyl (C=O) groups excluding carboxylic acids is 9. The van der Waals surface area contributed by atoms with Gasteiger partial charge in [0.05, 0.1) is 46.4 Å². The van der Waals surface area contributed by atoms with Crippen molar-refractivity contribution in [3.63, 3.8) is 0 Å². The zero-order chi connectivity index (χ0) is 85.8. The van der Waals surface area contributed by atoms with Crippen molar-refractivity contribution in [1.82, 2.24) is 42.5 Å². The van der Waals surface area contributed by atoms with Crippen LogP contribution in [-0.4, -0.2) is 176 Å². The monoisotopic (exact) mass is 1700 g/mol. The summed E-state index contributed by atoms with van der Waals surface area (Å²) in [4.78, 5) is 135. The summed E-state index contributed by atoms with van der Waals surface area (Å²) in [5.41, 5.74) is 12.0. The minimum Gasteiger partial charge on any atom is -0.508 e. The number of nitrogens with two attached hydrogens (primary N) is 2. The van der Waals surface area contributed by atoms with Crippen LogP contribution in [0.3, 0.4) is 0 Å². The van der Waals surface area contributed by atoms with Crippen LogP contribution in [0.5, 0.6) is 34.5 Å². The van der Waals surface area contributed by atoms with Gasteiger partial charge in [-0.2, -0.15) is 0 Å². The Morgan fingerprint density at radius 2 is 1.32 bits per heavy atom. The van der Waals surface area contributed by atoms with E-state index in [4.69, 9.17) is 53.6 Å². The van der Waals surface area contributed by atoms with Crippen molar-refractivity contribution < 1.29 is 103 Å². The number of phenolic OH excluding ortho intramolecular Hbond substituents is 1. The van der Waals surface area contributed by atoms with Crippen molar-refractivity contribution in [3.05, 3.63) is 146 Å². The Labute approximate surface area is 699 Å². The summed E-state index contributed by atoms with van der Waals surface area (Å²) in [6.45, 7) is 8.48. The number of hydrogen-bond acceptors (Lipinski definition) is 25. The largest absolute Gasteiger partial charge is 0.508 e. The molecule has 640 valence electrons. The van der Waals surface area contributed by atoms with Crippen LogP contribution >= 0.6 is 23.2 Å². The first-order valence-electron chi connectivity index (χ1n) is 40.3. The molecule has 120 heavy (non-hydrogen) atoms. The maximum absolute atomic E-state index is 16.3. The second-order valence-electron chi connectivity index (χ2n) is 32.6. The predicted molar refractivity (Wildman–Crippen MR) is 434 cm³/mol. The number of hydrogen-bond donors (Lipinski definition) is 21. The van der Waals surface area contributed by atoms with Crippen molar-refractivity contribution in [2.24, 2.45) is 46.5 Å². The van der Waals surface area contributed by atoms with Crippen LogP contribution in [0.25, 0.3) is 11.1 Å². The van der Waals surface area contributed by atoms with Gasteiger partial charge in [0, 0.05) is 42.5 Å². The van der Waals surface area contributed by atoms with Crippen molar-refractivity contribution >= 4 is 93.6 Å². The summed E-state index contributed by atoms with van der Waals surface area (Å²) >= 11 is 14.3. The van der Waals surface area contributed by atoms with Crippen molar-refractivity contribution in [1.29, 1.82) is 0 Å². The fourth-order valence-electron chi connectivity index (χ4n) is 18.4. The number of likely N-dealkylation sites (N-methyl/N-ethyl adjacent to an activating group) is 1. The number of fused-ring (bicyclic) bond motifs is 16. The lowest BCUT2D eigenvalue weighted by Crippen LogP contribution is -2.88. The SMILES string of the molecule is CCCCNc1ccc(NC(=O)NC(=O)CC2NC(=O)C(NC(=O)C(CC(C)C)NC)C(O)c3ccc(c(Cl)c3)Oc3cc4cc(c3OC3OC(CN)C(O)C(O)C3O)Oc3ccc(cc3Cl)C(O)CC(=O)NC(C(=O)NC3C5CC6CC7CC3C675)c3cc(O)cc5c3-c3cc(ccc3C5(O)O)C(C(N)=O)NC(=O)C4NC2=O)cc1NCCCC. The van der Waals surface area contributed by atoms with E-state index in [0.29, 0.717) is 30.6 Å². The first kappa shape index (κ1) is 85.9. The zero-order valence-electron chi connectivity index (χ0n) is 66.2. The maximum atomic E-state index is 16.3. The number of imide groups is 1. The van der Waals surface area contributed by atoms with Crippen LogP contribution in [0, 0.1) is 35.0 Å². The lowest BCUT2D eigenvalue weighted by atomic mass is 9.17. The topological polar surface area (TPSA) is 537 Å². The minimum atomic E-state index is -3.00. The molecule has 23 N–H and O–H groups in total. The number of halogens is 2. The number of nitrogens with one attached hydrogen (secondary N) is 11. The first-order valence-corrected chi connectivity index (χ1v) is 41.0. The van der Waals surface area contributed by atoms with Gasteiger partial charge in [-0.05, 0) is 192 Å². The van der Waals surface area contributed by atoms with Gasteiger partial charge in [-0.25, -0.2) is 4.79 Å². The molecule has 10 amide bonds. The van der Waals surface area contributed by atoms with Crippen LogP contribution < -0.4 is 84.2 Å². The lowest BCUT2D eigenvalue weighted by Gasteiger charge is -2.88. The molecule has 0 aromatic heterocycles. The van der Waals surface area contributed by atoms with E-state index in [1.807, 2.05) is 27.7 Å². The Kier molecular flexibility index (Phi) is 25.0. The molecule has 34 nitrogen and oxygen atoms in total. The number of urea groups is 1. The molecule has 9 bridgehead atoms. The average Bonchev–Trinajstić information content (AvgIpc) is 0.892. The Morgan fingerprint density at radius 1 is 0.675 bits per heavy atom. The molecule has 6 aromatic rings. The molecular formula is C84H99Cl2N13O21. The van der Waals surface area contributed by atoms with Crippen molar-refractivity contribution in [3.8, 4) is 45.6 Å². The molecule has 5 aliphatic carbocycles. The molecule has 17 unspecified atom stereocenters. The molecule has 6 aromatic carbocycles. The Hall–Kier alpha value is -10.5. The Morgan fingerprint density at radius 3 is 1.95 bits per heavy atom. The Bertz CT molecular complexity index is 5010.